The second-order valence-corrected chi connectivity index (χ2v) is 5.23. The van der Waals surface area contributed by atoms with Crippen LogP contribution < -0.4 is 4.74 Å². The number of methoxy groups -OCH3 is 1. The van der Waals surface area contributed by atoms with Crippen molar-refractivity contribution in [2.75, 3.05) is 14.2 Å². The average molecular weight is 343 g/mol. The summed E-state index contributed by atoms with van der Waals surface area (Å²) in [5.41, 5.74) is 2.43. The lowest BCUT2D eigenvalue weighted by molar-refractivity contribution is -0.283. The van der Waals surface area contributed by atoms with Crippen molar-refractivity contribution in [1.82, 2.24) is 14.5 Å². The summed E-state index contributed by atoms with van der Waals surface area (Å²) >= 11 is 0. The standard InChI is InChI=1S/C17H17N3O5/c1-23-14-8-11(5-6-12(14)17(21)22)9-20-13-4-3-7-18-16(13)19-15(20)10-25-24-2/h3-8H,9-10H2,1-2H3,(H,21,22). The van der Waals surface area contributed by atoms with Gasteiger partial charge in [0, 0.05) is 12.7 Å². The van der Waals surface area contributed by atoms with Gasteiger partial charge in [-0.2, -0.15) is 0 Å². The molecule has 0 amide bonds. The lowest BCUT2D eigenvalue weighted by atomic mass is 10.1. The minimum absolute atomic E-state index is 0.117. The molecule has 8 heteroatoms. The maximum Gasteiger partial charge on any atom is 0.339 e. The van der Waals surface area contributed by atoms with Gasteiger partial charge in [-0.15, -0.1) is 0 Å². The molecule has 0 saturated carbocycles. The van der Waals surface area contributed by atoms with Crippen LogP contribution >= 0.6 is 0 Å². The van der Waals surface area contributed by atoms with E-state index in [0.717, 1.165) is 11.1 Å². The molecule has 25 heavy (non-hydrogen) atoms. The number of carbonyl (C=O) groups is 1. The van der Waals surface area contributed by atoms with Crippen LogP contribution in [-0.4, -0.2) is 39.8 Å². The maximum atomic E-state index is 11.2. The third-order valence-electron chi connectivity index (χ3n) is 3.75. The summed E-state index contributed by atoms with van der Waals surface area (Å²) < 4.78 is 7.13. The van der Waals surface area contributed by atoms with Gasteiger partial charge in [-0.25, -0.2) is 24.5 Å². The van der Waals surface area contributed by atoms with Crippen LogP contribution in [0.3, 0.4) is 0 Å². The fourth-order valence-electron chi connectivity index (χ4n) is 2.60. The molecule has 3 rings (SSSR count). The van der Waals surface area contributed by atoms with Crippen LogP contribution in [0.5, 0.6) is 5.75 Å². The van der Waals surface area contributed by atoms with Gasteiger partial charge in [0.15, 0.2) is 5.65 Å². The number of benzene rings is 1. The number of pyridine rings is 1. The van der Waals surface area contributed by atoms with Crippen molar-refractivity contribution >= 4 is 17.1 Å². The monoisotopic (exact) mass is 343 g/mol. The molecule has 2 heterocycles. The second kappa shape index (κ2) is 7.29. The minimum Gasteiger partial charge on any atom is -0.496 e. The van der Waals surface area contributed by atoms with Gasteiger partial charge in [0.05, 0.1) is 19.7 Å². The molecule has 0 bridgehead atoms. The van der Waals surface area contributed by atoms with E-state index in [-0.39, 0.29) is 12.2 Å². The Morgan fingerprint density at radius 2 is 2.12 bits per heavy atom. The Hall–Kier alpha value is -2.97. The molecular formula is C17H17N3O5. The molecule has 1 aromatic carbocycles. The van der Waals surface area contributed by atoms with Crippen LogP contribution in [0.1, 0.15) is 21.7 Å². The minimum atomic E-state index is -1.03. The number of nitrogens with zero attached hydrogens (tertiary/aromatic N) is 3. The first-order chi connectivity index (χ1) is 12.1. The molecule has 0 aliphatic carbocycles. The van der Waals surface area contributed by atoms with Crippen molar-refractivity contribution in [3.63, 3.8) is 0 Å². The van der Waals surface area contributed by atoms with Crippen LogP contribution in [0.2, 0.25) is 0 Å². The van der Waals surface area contributed by atoms with E-state index in [1.54, 1.807) is 18.3 Å². The van der Waals surface area contributed by atoms with E-state index in [2.05, 4.69) is 14.9 Å². The van der Waals surface area contributed by atoms with Gasteiger partial charge >= 0.3 is 5.97 Å². The molecule has 0 saturated heterocycles. The molecule has 0 aliphatic heterocycles. The third-order valence-corrected chi connectivity index (χ3v) is 3.75. The zero-order valence-electron chi connectivity index (χ0n) is 13.8. The Morgan fingerprint density at radius 1 is 1.28 bits per heavy atom. The average Bonchev–Trinajstić information content (AvgIpc) is 2.97. The fraction of sp³-hybridized carbons (Fsp3) is 0.235. The van der Waals surface area contributed by atoms with Crippen molar-refractivity contribution in [3.05, 3.63) is 53.5 Å². The number of carboxylic acids is 1. The first kappa shape index (κ1) is 16.9. The summed E-state index contributed by atoms with van der Waals surface area (Å²) in [4.78, 5) is 29.6. The van der Waals surface area contributed by atoms with Crippen molar-refractivity contribution in [1.29, 1.82) is 0 Å². The highest BCUT2D eigenvalue weighted by Crippen LogP contribution is 2.23. The summed E-state index contributed by atoms with van der Waals surface area (Å²) in [5.74, 6) is -0.0751. The normalized spacial score (nSPS) is 11.0. The van der Waals surface area contributed by atoms with Crippen LogP contribution in [0, 0.1) is 0 Å². The first-order valence-corrected chi connectivity index (χ1v) is 7.50. The quantitative estimate of drug-likeness (QED) is 0.519. The molecule has 0 radical (unpaired) electrons. The summed E-state index contributed by atoms with van der Waals surface area (Å²) in [6.45, 7) is 0.623. The number of hydrogen-bond acceptors (Lipinski definition) is 6. The van der Waals surface area contributed by atoms with Crippen molar-refractivity contribution in [3.8, 4) is 5.75 Å². The predicted octanol–water partition coefficient (Wildman–Crippen LogP) is 2.26. The summed E-state index contributed by atoms with van der Waals surface area (Å²) in [6.07, 6.45) is 1.67. The second-order valence-electron chi connectivity index (χ2n) is 5.23. The number of aromatic nitrogens is 3. The highest BCUT2D eigenvalue weighted by molar-refractivity contribution is 5.91. The van der Waals surface area contributed by atoms with Crippen molar-refractivity contribution in [2.45, 2.75) is 13.2 Å². The summed E-state index contributed by atoms with van der Waals surface area (Å²) in [7, 11) is 2.88. The molecule has 0 atom stereocenters. The maximum absolute atomic E-state index is 11.2. The van der Waals surface area contributed by atoms with Gasteiger partial charge < -0.3 is 14.4 Å². The molecule has 0 fully saturated rings. The topological polar surface area (TPSA) is 95.7 Å². The molecule has 130 valence electrons. The van der Waals surface area contributed by atoms with Gasteiger partial charge in [-0.05, 0) is 29.8 Å². The van der Waals surface area contributed by atoms with Crippen LogP contribution in [0.15, 0.2) is 36.5 Å². The van der Waals surface area contributed by atoms with Gasteiger partial charge in [0.1, 0.15) is 23.7 Å². The van der Waals surface area contributed by atoms with Gasteiger partial charge in [-0.3, -0.25) is 0 Å². The number of rotatable bonds is 7. The van der Waals surface area contributed by atoms with E-state index in [4.69, 9.17) is 9.62 Å². The van der Waals surface area contributed by atoms with Gasteiger partial charge in [0.2, 0.25) is 0 Å². The number of imidazole rings is 1. The van der Waals surface area contributed by atoms with E-state index < -0.39 is 5.97 Å². The zero-order chi connectivity index (χ0) is 17.8. The number of fused-ring (bicyclic) bond motifs is 1. The van der Waals surface area contributed by atoms with Crippen molar-refractivity contribution in [2.24, 2.45) is 0 Å². The number of carboxylic acid groups (broad SMARTS) is 1. The molecule has 0 spiro atoms. The van der Waals surface area contributed by atoms with Crippen LogP contribution in [0.4, 0.5) is 0 Å². The Bertz CT molecular complexity index is 906. The molecule has 0 unspecified atom stereocenters. The summed E-state index contributed by atoms with van der Waals surface area (Å²) in [5, 5.41) is 9.19. The highest BCUT2D eigenvalue weighted by Gasteiger charge is 2.15. The van der Waals surface area contributed by atoms with E-state index in [1.807, 2.05) is 16.7 Å². The molecular weight excluding hydrogens is 326 g/mol. The Kier molecular flexibility index (Phi) is 4.92. The Labute approximate surface area is 143 Å². The Balaban J connectivity index is 2.00. The number of aromatic carboxylic acids is 1. The SMILES string of the molecule is COOCc1nc2ncccc2n1Cc1ccc(C(=O)O)c(OC)c1. The van der Waals surface area contributed by atoms with E-state index in [9.17, 15) is 9.90 Å². The van der Waals surface area contributed by atoms with Crippen LogP contribution in [-0.2, 0) is 22.9 Å². The van der Waals surface area contributed by atoms with E-state index in [1.165, 1.54) is 20.3 Å². The molecule has 8 nitrogen and oxygen atoms in total. The number of hydrogen-bond donors (Lipinski definition) is 1. The summed E-state index contributed by atoms with van der Waals surface area (Å²) in [6, 6.07) is 8.71. The molecule has 2 aromatic heterocycles. The fourth-order valence-corrected chi connectivity index (χ4v) is 2.60. The number of ether oxygens (including phenoxy) is 1. The highest BCUT2D eigenvalue weighted by atomic mass is 17.2. The van der Waals surface area contributed by atoms with Gasteiger partial charge in [-0.1, -0.05) is 6.07 Å². The lowest BCUT2D eigenvalue weighted by Gasteiger charge is -2.11. The smallest absolute Gasteiger partial charge is 0.339 e. The van der Waals surface area contributed by atoms with E-state index in [0.29, 0.717) is 23.8 Å². The Morgan fingerprint density at radius 3 is 2.84 bits per heavy atom. The van der Waals surface area contributed by atoms with Crippen molar-refractivity contribution < 1.29 is 24.4 Å². The molecule has 3 aromatic rings. The molecule has 1 N–H and O–H groups in total. The third kappa shape index (κ3) is 3.44. The molecule has 0 aliphatic rings. The first-order valence-electron chi connectivity index (χ1n) is 7.50. The van der Waals surface area contributed by atoms with E-state index >= 15 is 0 Å². The lowest BCUT2D eigenvalue weighted by Crippen LogP contribution is -2.08. The largest absolute Gasteiger partial charge is 0.496 e. The zero-order valence-corrected chi connectivity index (χ0v) is 13.8. The predicted molar refractivity (Wildman–Crippen MR) is 88.4 cm³/mol. The van der Waals surface area contributed by atoms with Gasteiger partial charge in [0.25, 0.3) is 0 Å². The van der Waals surface area contributed by atoms with Crippen LogP contribution in [0.25, 0.3) is 11.2 Å².